The number of nitrogens with zero attached hydrogens (tertiary/aromatic N) is 1. The number of aryl methyl sites for hydroxylation is 1. The van der Waals surface area contributed by atoms with Crippen LogP contribution in [-0.4, -0.2) is 15.6 Å². The third kappa shape index (κ3) is 2.54. The van der Waals surface area contributed by atoms with E-state index in [0.717, 1.165) is 0 Å². The molecule has 1 aromatic carbocycles. The minimum absolute atomic E-state index is 0.0124. The van der Waals surface area contributed by atoms with Crippen LogP contribution in [0.1, 0.15) is 21.6 Å². The van der Waals surface area contributed by atoms with Gasteiger partial charge in [-0.2, -0.15) is 0 Å². The van der Waals surface area contributed by atoms with E-state index < -0.39 is 11.8 Å². The van der Waals surface area contributed by atoms with Crippen LogP contribution in [0.15, 0.2) is 41.2 Å². The number of aromatic carboxylic acids is 1. The number of rotatable bonds is 3. The molecule has 0 aliphatic rings. The van der Waals surface area contributed by atoms with Crippen LogP contribution in [0.4, 0.5) is 4.39 Å². The summed E-state index contributed by atoms with van der Waals surface area (Å²) in [6.07, 6.45) is 0. The first-order valence-electron chi connectivity index (χ1n) is 5.68. The van der Waals surface area contributed by atoms with Gasteiger partial charge in [0.15, 0.2) is 0 Å². The Labute approximate surface area is 108 Å². The van der Waals surface area contributed by atoms with Crippen molar-refractivity contribution < 1.29 is 14.3 Å². The molecule has 4 nitrogen and oxygen atoms in total. The van der Waals surface area contributed by atoms with E-state index in [1.807, 2.05) is 0 Å². The van der Waals surface area contributed by atoms with Gasteiger partial charge in [-0.05, 0) is 19.1 Å². The van der Waals surface area contributed by atoms with E-state index in [4.69, 9.17) is 5.11 Å². The number of pyridine rings is 1. The lowest BCUT2D eigenvalue weighted by molar-refractivity contribution is 0.0691. The van der Waals surface area contributed by atoms with Gasteiger partial charge in [0.1, 0.15) is 5.82 Å². The van der Waals surface area contributed by atoms with Crippen LogP contribution in [0.5, 0.6) is 0 Å². The number of carboxylic acids is 1. The number of carbonyl (C=O) groups is 1. The van der Waals surface area contributed by atoms with Crippen LogP contribution >= 0.6 is 0 Å². The summed E-state index contributed by atoms with van der Waals surface area (Å²) in [5, 5.41) is 8.86. The molecule has 1 N–H and O–H groups in total. The van der Waals surface area contributed by atoms with Gasteiger partial charge in [0, 0.05) is 17.3 Å². The minimum Gasteiger partial charge on any atom is -0.478 e. The van der Waals surface area contributed by atoms with Gasteiger partial charge in [0.25, 0.3) is 5.56 Å². The predicted molar refractivity (Wildman–Crippen MR) is 67.9 cm³/mol. The second-order valence-electron chi connectivity index (χ2n) is 4.18. The number of halogens is 1. The van der Waals surface area contributed by atoms with Crippen molar-refractivity contribution in [3.05, 3.63) is 69.4 Å². The molecule has 0 aliphatic heterocycles. The lowest BCUT2D eigenvalue weighted by Gasteiger charge is -2.11. The monoisotopic (exact) mass is 261 g/mol. The number of hydrogen-bond acceptors (Lipinski definition) is 2. The van der Waals surface area contributed by atoms with Gasteiger partial charge in [-0.3, -0.25) is 4.79 Å². The van der Waals surface area contributed by atoms with E-state index in [1.54, 1.807) is 19.1 Å². The molecule has 0 unspecified atom stereocenters. The Morgan fingerprint density at radius 3 is 2.58 bits per heavy atom. The molecule has 0 spiro atoms. The van der Waals surface area contributed by atoms with Crippen LogP contribution < -0.4 is 5.56 Å². The molecular weight excluding hydrogens is 249 g/mol. The Hall–Kier alpha value is -2.43. The topological polar surface area (TPSA) is 59.3 Å². The molecule has 0 saturated carbocycles. The second-order valence-corrected chi connectivity index (χ2v) is 4.18. The van der Waals surface area contributed by atoms with Crippen molar-refractivity contribution in [2.24, 2.45) is 0 Å². The third-order valence-corrected chi connectivity index (χ3v) is 2.91. The molecule has 0 fully saturated rings. The molecule has 1 heterocycles. The number of hydrogen-bond donors (Lipinski definition) is 1. The lowest BCUT2D eigenvalue weighted by atomic mass is 10.1. The van der Waals surface area contributed by atoms with Crippen molar-refractivity contribution in [2.45, 2.75) is 13.5 Å². The van der Waals surface area contributed by atoms with Gasteiger partial charge < -0.3 is 9.67 Å². The quantitative estimate of drug-likeness (QED) is 0.919. The van der Waals surface area contributed by atoms with Crippen LogP contribution in [0, 0.1) is 12.7 Å². The molecule has 0 amide bonds. The third-order valence-electron chi connectivity index (χ3n) is 2.91. The van der Waals surface area contributed by atoms with Gasteiger partial charge in [-0.15, -0.1) is 0 Å². The predicted octanol–water partition coefficient (Wildman–Crippen LogP) is 2.04. The van der Waals surface area contributed by atoms with Gasteiger partial charge in [0.2, 0.25) is 0 Å². The molecular formula is C14H12FNO3. The zero-order valence-electron chi connectivity index (χ0n) is 10.3. The molecule has 2 aromatic rings. The summed E-state index contributed by atoms with van der Waals surface area (Å²) in [7, 11) is 0. The Morgan fingerprint density at radius 1 is 1.26 bits per heavy atom. The van der Waals surface area contributed by atoms with Crippen molar-refractivity contribution >= 4 is 5.97 Å². The van der Waals surface area contributed by atoms with Crippen molar-refractivity contribution in [1.82, 2.24) is 4.57 Å². The molecule has 0 saturated heterocycles. The molecule has 2 rings (SSSR count). The standard InChI is InChI=1S/C14H12FNO3/c1-9-4-2-7-12(17)16(9)8-10-5-3-6-11(13(10)15)14(18)19/h2-7H,8H2,1H3,(H,18,19). The smallest absolute Gasteiger partial charge is 0.338 e. The molecule has 1 aromatic heterocycles. The summed E-state index contributed by atoms with van der Waals surface area (Å²) >= 11 is 0. The van der Waals surface area contributed by atoms with Crippen LogP contribution in [0.25, 0.3) is 0 Å². The summed E-state index contributed by atoms with van der Waals surface area (Å²) < 4.78 is 15.4. The van der Waals surface area contributed by atoms with Crippen LogP contribution in [0.2, 0.25) is 0 Å². The van der Waals surface area contributed by atoms with Gasteiger partial charge in [-0.25, -0.2) is 9.18 Å². The van der Waals surface area contributed by atoms with E-state index in [9.17, 15) is 14.0 Å². The molecule has 0 bridgehead atoms. The fourth-order valence-corrected chi connectivity index (χ4v) is 1.86. The first-order valence-corrected chi connectivity index (χ1v) is 5.68. The lowest BCUT2D eigenvalue weighted by Crippen LogP contribution is -2.22. The van der Waals surface area contributed by atoms with Crippen molar-refractivity contribution in [1.29, 1.82) is 0 Å². The maximum absolute atomic E-state index is 14.0. The normalized spacial score (nSPS) is 10.4. The Bertz CT molecular complexity index is 691. The average molecular weight is 261 g/mol. The summed E-state index contributed by atoms with van der Waals surface area (Å²) in [5.74, 6) is -2.12. The van der Waals surface area contributed by atoms with E-state index in [-0.39, 0.29) is 23.2 Å². The van der Waals surface area contributed by atoms with Crippen LogP contribution in [0.3, 0.4) is 0 Å². The highest BCUT2D eigenvalue weighted by molar-refractivity contribution is 5.88. The Balaban J connectivity index is 2.48. The maximum Gasteiger partial charge on any atom is 0.338 e. The molecule has 0 radical (unpaired) electrons. The number of aromatic nitrogens is 1. The second kappa shape index (κ2) is 5.06. The van der Waals surface area contributed by atoms with Crippen LogP contribution in [-0.2, 0) is 6.54 Å². The zero-order chi connectivity index (χ0) is 14.0. The summed E-state index contributed by atoms with van der Waals surface area (Å²) in [5.41, 5.74) is 0.225. The highest BCUT2D eigenvalue weighted by Crippen LogP contribution is 2.14. The van der Waals surface area contributed by atoms with Crippen molar-refractivity contribution in [3.63, 3.8) is 0 Å². The average Bonchev–Trinajstić information content (AvgIpc) is 2.35. The molecule has 98 valence electrons. The van der Waals surface area contributed by atoms with Gasteiger partial charge in [0.05, 0.1) is 12.1 Å². The first-order chi connectivity index (χ1) is 9.00. The van der Waals surface area contributed by atoms with Gasteiger partial charge in [-0.1, -0.05) is 18.2 Å². The zero-order valence-corrected chi connectivity index (χ0v) is 10.3. The molecule has 5 heteroatoms. The van der Waals surface area contributed by atoms with E-state index in [0.29, 0.717) is 5.69 Å². The maximum atomic E-state index is 14.0. The SMILES string of the molecule is Cc1cccc(=O)n1Cc1cccc(C(=O)O)c1F. The minimum atomic E-state index is -1.32. The number of benzene rings is 1. The number of carboxylic acid groups (broad SMARTS) is 1. The largest absolute Gasteiger partial charge is 0.478 e. The van der Waals surface area contributed by atoms with Gasteiger partial charge >= 0.3 is 5.97 Å². The first kappa shape index (κ1) is 13.0. The van der Waals surface area contributed by atoms with E-state index in [2.05, 4.69) is 0 Å². The van der Waals surface area contributed by atoms with E-state index >= 15 is 0 Å². The molecule has 0 atom stereocenters. The summed E-state index contributed by atoms with van der Waals surface area (Å²) in [6.45, 7) is 1.75. The summed E-state index contributed by atoms with van der Waals surface area (Å²) in [4.78, 5) is 22.6. The highest BCUT2D eigenvalue weighted by Gasteiger charge is 2.14. The van der Waals surface area contributed by atoms with E-state index in [1.165, 1.54) is 28.8 Å². The van der Waals surface area contributed by atoms with Crippen molar-refractivity contribution in [3.8, 4) is 0 Å². The fraction of sp³-hybridized carbons (Fsp3) is 0.143. The Kier molecular flexibility index (Phi) is 3.46. The highest BCUT2D eigenvalue weighted by atomic mass is 19.1. The van der Waals surface area contributed by atoms with Crippen molar-refractivity contribution in [2.75, 3.05) is 0 Å². The fourth-order valence-electron chi connectivity index (χ4n) is 1.86. The molecule has 19 heavy (non-hydrogen) atoms. The summed E-state index contributed by atoms with van der Waals surface area (Å²) in [6, 6.07) is 8.87. The molecule has 0 aliphatic carbocycles. The Morgan fingerprint density at radius 2 is 1.95 bits per heavy atom.